The van der Waals surface area contributed by atoms with E-state index < -0.39 is 6.04 Å². The fraction of sp³-hybridized carbons (Fsp3) is 0.611. The number of hydrogen-bond donors (Lipinski definition) is 1. The first-order valence-corrected chi connectivity index (χ1v) is 8.48. The van der Waals surface area contributed by atoms with Gasteiger partial charge in [-0.05, 0) is 25.8 Å². The zero-order valence-electron chi connectivity index (χ0n) is 14.3. The minimum atomic E-state index is -0.451. The third-order valence-electron chi connectivity index (χ3n) is 4.16. The summed E-state index contributed by atoms with van der Waals surface area (Å²) in [4.78, 5) is 16.7. The van der Waals surface area contributed by atoms with Gasteiger partial charge in [0, 0.05) is 32.7 Å². The lowest BCUT2D eigenvalue weighted by Gasteiger charge is -2.36. The van der Waals surface area contributed by atoms with E-state index in [0.717, 1.165) is 44.9 Å². The molecule has 1 heterocycles. The number of rotatable bonds is 7. The van der Waals surface area contributed by atoms with Crippen molar-refractivity contribution in [1.82, 2.24) is 9.80 Å². The Kier molecular flexibility index (Phi) is 7.02. The molecule has 1 aliphatic rings. The molecule has 1 atom stereocenters. The van der Waals surface area contributed by atoms with Crippen LogP contribution in [0.3, 0.4) is 0 Å². The molecule has 1 saturated heterocycles. The second kappa shape index (κ2) is 9.01. The molecule has 1 amide bonds. The van der Waals surface area contributed by atoms with Gasteiger partial charge < -0.3 is 15.4 Å². The number of hydrogen-bond acceptors (Lipinski definition) is 4. The highest BCUT2D eigenvalue weighted by Gasteiger charge is 2.25. The van der Waals surface area contributed by atoms with E-state index in [1.807, 2.05) is 49.1 Å². The quantitative estimate of drug-likeness (QED) is 0.818. The standard InChI is InChI=1S/C18H29N3O2/c1-15(2)23-13-12-20-8-10-21(11-9-20)18(22)17(19)14-16-6-4-3-5-7-16/h3-7,15,17H,8-14,19H2,1-2H3. The number of carbonyl (C=O) groups excluding carboxylic acids is 1. The van der Waals surface area contributed by atoms with Gasteiger partial charge >= 0.3 is 0 Å². The summed E-state index contributed by atoms with van der Waals surface area (Å²) in [5.74, 6) is 0.0620. The molecule has 5 heteroatoms. The lowest BCUT2D eigenvalue weighted by Crippen LogP contribution is -2.54. The SMILES string of the molecule is CC(C)OCCN1CCN(C(=O)C(N)Cc2ccccc2)CC1. The van der Waals surface area contributed by atoms with Crippen LogP contribution in [0.15, 0.2) is 30.3 Å². The van der Waals surface area contributed by atoms with E-state index >= 15 is 0 Å². The van der Waals surface area contributed by atoms with Crippen LogP contribution in [0.5, 0.6) is 0 Å². The topological polar surface area (TPSA) is 58.8 Å². The maximum absolute atomic E-state index is 12.5. The van der Waals surface area contributed by atoms with Gasteiger partial charge in [-0.3, -0.25) is 9.69 Å². The number of nitrogens with zero attached hydrogens (tertiary/aromatic N) is 2. The van der Waals surface area contributed by atoms with E-state index in [2.05, 4.69) is 4.90 Å². The molecule has 1 aromatic rings. The van der Waals surface area contributed by atoms with Gasteiger partial charge in [0.25, 0.3) is 0 Å². The molecule has 0 radical (unpaired) electrons. The summed E-state index contributed by atoms with van der Waals surface area (Å²) in [7, 11) is 0. The number of benzene rings is 1. The molecule has 1 fully saturated rings. The molecule has 0 saturated carbocycles. The number of ether oxygens (including phenoxy) is 1. The lowest BCUT2D eigenvalue weighted by atomic mass is 10.1. The van der Waals surface area contributed by atoms with Gasteiger partial charge in [-0.15, -0.1) is 0 Å². The van der Waals surface area contributed by atoms with E-state index in [9.17, 15) is 4.79 Å². The van der Waals surface area contributed by atoms with Crippen molar-refractivity contribution in [3.8, 4) is 0 Å². The van der Waals surface area contributed by atoms with Gasteiger partial charge in [0.05, 0.1) is 18.8 Å². The van der Waals surface area contributed by atoms with E-state index in [0.29, 0.717) is 6.42 Å². The van der Waals surface area contributed by atoms with Crippen molar-refractivity contribution in [3.05, 3.63) is 35.9 Å². The van der Waals surface area contributed by atoms with E-state index in [1.165, 1.54) is 0 Å². The molecular formula is C18H29N3O2. The molecule has 23 heavy (non-hydrogen) atoms. The molecule has 5 nitrogen and oxygen atoms in total. The molecule has 1 unspecified atom stereocenters. The Labute approximate surface area is 139 Å². The maximum atomic E-state index is 12.5. The molecular weight excluding hydrogens is 290 g/mol. The van der Waals surface area contributed by atoms with Crippen LogP contribution in [-0.4, -0.2) is 67.2 Å². The molecule has 2 N–H and O–H groups in total. The van der Waals surface area contributed by atoms with Gasteiger partial charge in [-0.25, -0.2) is 0 Å². The molecule has 0 aromatic heterocycles. The number of piperazine rings is 1. The molecule has 0 spiro atoms. The Bertz CT molecular complexity index is 470. The second-order valence-corrected chi connectivity index (χ2v) is 6.38. The van der Waals surface area contributed by atoms with Gasteiger partial charge in [-0.2, -0.15) is 0 Å². The minimum Gasteiger partial charge on any atom is -0.377 e. The normalized spacial score (nSPS) is 17.5. The zero-order chi connectivity index (χ0) is 16.7. The fourth-order valence-electron chi connectivity index (χ4n) is 2.80. The highest BCUT2D eigenvalue weighted by molar-refractivity contribution is 5.82. The zero-order valence-corrected chi connectivity index (χ0v) is 14.3. The third-order valence-corrected chi connectivity index (χ3v) is 4.16. The van der Waals surface area contributed by atoms with Crippen LogP contribution in [0.25, 0.3) is 0 Å². The summed E-state index contributed by atoms with van der Waals surface area (Å²) in [5.41, 5.74) is 7.21. The largest absolute Gasteiger partial charge is 0.377 e. The predicted molar refractivity (Wildman–Crippen MR) is 92.2 cm³/mol. The van der Waals surface area contributed by atoms with Crippen molar-refractivity contribution in [2.75, 3.05) is 39.3 Å². The van der Waals surface area contributed by atoms with Crippen LogP contribution in [0.4, 0.5) is 0 Å². The summed E-state index contributed by atoms with van der Waals surface area (Å²) in [6, 6.07) is 9.50. The molecule has 2 rings (SSSR count). The molecule has 128 valence electrons. The summed E-state index contributed by atoms with van der Waals surface area (Å²) in [5, 5.41) is 0. The number of amides is 1. The lowest BCUT2D eigenvalue weighted by molar-refractivity contribution is -0.134. The average molecular weight is 319 g/mol. The van der Waals surface area contributed by atoms with Crippen LogP contribution in [-0.2, 0) is 16.0 Å². The Morgan fingerprint density at radius 1 is 1.17 bits per heavy atom. The Morgan fingerprint density at radius 3 is 2.43 bits per heavy atom. The molecule has 0 aliphatic carbocycles. The van der Waals surface area contributed by atoms with Crippen molar-refractivity contribution in [2.45, 2.75) is 32.4 Å². The van der Waals surface area contributed by atoms with Crippen LogP contribution < -0.4 is 5.73 Å². The second-order valence-electron chi connectivity index (χ2n) is 6.38. The number of carbonyl (C=O) groups is 1. The summed E-state index contributed by atoms with van der Waals surface area (Å²) >= 11 is 0. The predicted octanol–water partition coefficient (Wildman–Crippen LogP) is 1.13. The first-order valence-electron chi connectivity index (χ1n) is 8.48. The fourth-order valence-corrected chi connectivity index (χ4v) is 2.80. The summed E-state index contributed by atoms with van der Waals surface area (Å²) < 4.78 is 5.58. The molecule has 0 bridgehead atoms. The van der Waals surface area contributed by atoms with Gasteiger partial charge in [0.1, 0.15) is 0 Å². The van der Waals surface area contributed by atoms with Crippen molar-refractivity contribution in [2.24, 2.45) is 5.73 Å². The third kappa shape index (κ3) is 5.94. The van der Waals surface area contributed by atoms with Crippen molar-refractivity contribution in [3.63, 3.8) is 0 Å². The smallest absolute Gasteiger partial charge is 0.239 e. The highest BCUT2D eigenvalue weighted by Crippen LogP contribution is 2.07. The van der Waals surface area contributed by atoms with E-state index in [4.69, 9.17) is 10.5 Å². The highest BCUT2D eigenvalue weighted by atomic mass is 16.5. The number of nitrogens with two attached hydrogens (primary N) is 1. The Morgan fingerprint density at radius 2 is 1.83 bits per heavy atom. The maximum Gasteiger partial charge on any atom is 0.239 e. The van der Waals surface area contributed by atoms with Crippen LogP contribution >= 0.6 is 0 Å². The van der Waals surface area contributed by atoms with Crippen molar-refractivity contribution in [1.29, 1.82) is 0 Å². The first-order chi connectivity index (χ1) is 11.1. The van der Waals surface area contributed by atoms with Gasteiger partial charge in [0.15, 0.2) is 0 Å². The average Bonchev–Trinajstić information content (AvgIpc) is 2.55. The molecule has 1 aliphatic heterocycles. The molecule has 1 aromatic carbocycles. The summed E-state index contributed by atoms with van der Waals surface area (Å²) in [6.07, 6.45) is 0.871. The van der Waals surface area contributed by atoms with Crippen molar-refractivity contribution < 1.29 is 9.53 Å². The first kappa shape index (κ1) is 17.9. The van der Waals surface area contributed by atoms with Crippen LogP contribution in [0.2, 0.25) is 0 Å². The Hall–Kier alpha value is -1.43. The van der Waals surface area contributed by atoms with E-state index in [1.54, 1.807) is 0 Å². The minimum absolute atomic E-state index is 0.0620. The Balaban J connectivity index is 1.72. The van der Waals surface area contributed by atoms with Crippen LogP contribution in [0.1, 0.15) is 19.4 Å². The van der Waals surface area contributed by atoms with Gasteiger partial charge in [-0.1, -0.05) is 30.3 Å². The summed E-state index contributed by atoms with van der Waals surface area (Å²) in [6.45, 7) is 9.06. The monoisotopic (exact) mass is 319 g/mol. The van der Waals surface area contributed by atoms with Gasteiger partial charge in [0.2, 0.25) is 5.91 Å². The van der Waals surface area contributed by atoms with E-state index in [-0.39, 0.29) is 12.0 Å². The van der Waals surface area contributed by atoms with Crippen LogP contribution in [0, 0.1) is 0 Å². The van der Waals surface area contributed by atoms with Crippen molar-refractivity contribution >= 4 is 5.91 Å².